The second-order valence-electron chi connectivity index (χ2n) is 3.71. The summed E-state index contributed by atoms with van der Waals surface area (Å²) in [6.07, 6.45) is 1.06. The van der Waals surface area contributed by atoms with Crippen molar-refractivity contribution in [2.75, 3.05) is 13.1 Å². The Morgan fingerprint density at radius 1 is 1.40 bits per heavy atom. The smallest absolute Gasteiger partial charge is 0.104 e. The van der Waals surface area contributed by atoms with Crippen LogP contribution in [0.1, 0.15) is 24.8 Å². The highest BCUT2D eigenvalue weighted by Crippen LogP contribution is 2.23. The maximum Gasteiger partial charge on any atom is 0.104 e. The Bertz CT molecular complexity index is 356. The van der Waals surface area contributed by atoms with E-state index in [0.717, 1.165) is 30.4 Å². The highest BCUT2D eigenvalue weighted by Gasteiger charge is 2.18. The fourth-order valence-corrected chi connectivity index (χ4v) is 2.06. The lowest BCUT2D eigenvalue weighted by Crippen LogP contribution is -2.25. The van der Waals surface area contributed by atoms with Gasteiger partial charge in [0.2, 0.25) is 0 Å². The van der Waals surface area contributed by atoms with Gasteiger partial charge in [-0.15, -0.1) is 0 Å². The van der Waals surface area contributed by atoms with Gasteiger partial charge in [0.25, 0.3) is 0 Å². The average molecular weight is 223 g/mol. The van der Waals surface area contributed by atoms with Crippen molar-refractivity contribution in [2.45, 2.75) is 19.3 Å². The summed E-state index contributed by atoms with van der Waals surface area (Å²) in [6.45, 7) is 4.06. The van der Waals surface area contributed by atoms with Crippen LogP contribution in [0.3, 0.4) is 0 Å². The first kappa shape index (κ1) is 10.5. The van der Waals surface area contributed by atoms with Crippen LogP contribution in [-0.4, -0.2) is 18.9 Å². The number of halogens is 1. The molecule has 0 spiro atoms. The molecule has 2 rings (SSSR count). The zero-order valence-electron chi connectivity index (χ0n) is 8.83. The topological polar surface area (TPSA) is 24.4 Å². The SMILES string of the molecule is CCC(C1=NCCN1)c1ccc(Cl)cc1. The Balaban J connectivity index is 2.22. The third-order valence-electron chi connectivity index (χ3n) is 2.71. The lowest BCUT2D eigenvalue weighted by atomic mass is 9.95. The molecular weight excluding hydrogens is 208 g/mol. The Labute approximate surface area is 95.4 Å². The van der Waals surface area contributed by atoms with Gasteiger partial charge in [0, 0.05) is 17.5 Å². The van der Waals surface area contributed by atoms with Crippen molar-refractivity contribution in [3.8, 4) is 0 Å². The van der Waals surface area contributed by atoms with E-state index in [9.17, 15) is 0 Å². The molecule has 1 aliphatic rings. The summed E-state index contributed by atoms with van der Waals surface area (Å²) in [5.74, 6) is 1.52. The number of nitrogens with one attached hydrogen (secondary N) is 1. The lowest BCUT2D eigenvalue weighted by molar-refractivity contribution is 0.815. The average Bonchev–Trinajstić information content (AvgIpc) is 2.75. The van der Waals surface area contributed by atoms with Gasteiger partial charge in [0.15, 0.2) is 0 Å². The van der Waals surface area contributed by atoms with Crippen molar-refractivity contribution < 1.29 is 0 Å². The van der Waals surface area contributed by atoms with Gasteiger partial charge in [-0.2, -0.15) is 0 Å². The monoisotopic (exact) mass is 222 g/mol. The number of aliphatic imine (C=N–C) groups is 1. The van der Waals surface area contributed by atoms with E-state index in [0.29, 0.717) is 5.92 Å². The Morgan fingerprint density at radius 2 is 2.13 bits per heavy atom. The molecule has 1 aromatic carbocycles. The number of benzene rings is 1. The molecule has 0 fully saturated rings. The molecule has 1 aliphatic heterocycles. The molecular formula is C12H15ClN2. The van der Waals surface area contributed by atoms with Crippen molar-refractivity contribution in [1.29, 1.82) is 0 Å². The fourth-order valence-electron chi connectivity index (χ4n) is 1.93. The molecule has 1 unspecified atom stereocenters. The molecule has 0 aliphatic carbocycles. The first-order valence-corrected chi connectivity index (χ1v) is 5.72. The van der Waals surface area contributed by atoms with E-state index in [2.05, 4.69) is 29.4 Å². The van der Waals surface area contributed by atoms with Crippen molar-refractivity contribution in [3.05, 3.63) is 34.9 Å². The Morgan fingerprint density at radius 3 is 2.67 bits per heavy atom. The normalized spacial score (nSPS) is 17.1. The minimum atomic E-state index is 0.393. The van der Waals surface area contributed by atoms with Crippen LogP contribution >= 0.6 is 11.6 Å². The van der Waals surface area contributed by atoms with E-state index < -0.39 is 0 Å². The molecule has 3 heteroatoms. The summed E-state index contributed by atoms with van der Waals surface area (Å²) in [7, 11) is 0. The van der Waals surface area contributed by atoms with E-state index in [-0.39, 0.29) is 0 Å². The summed E-state index contributed by atoms with van der Waals surface area (Å²) in [4.78, 5) is 4.48. The standard InChI is InChI=1S/C12H15ClN2/c1-2-11(12-14-7-8-15-12)9-3-5-10(13)6-4-9/h3-6,11H,2,7-8H2,1H3,(H,14,15). The van der Waals surface area contributed by atoms with Crippen LogP contribution in [0.2, 0.25) is 5.02 Å². The van der Waals surface area contributed by atoms with E-state index in [1.165, 1.54) is 5.56 Å². The zero-order chi connectivity index (χ0) is 10.7. The molecule has 0 saturated carbocycles. The van der Waals surface area contributed by atoms with Crippen LogP contribution in [0.15, 0.2) is 29.3 Å². The van der Waals surface area contributed by atoms with Crippen LogP contribution in [-0.2, 0) is 0 Å². The van der Waals surface area contributed by atoms with Crippen molar-refractivity contribution in [1.82, 2.24) is 5.32 Å². The highest BCUT2D eigenvalue weighted by molar-refractivity contribution is 6.30. The van der Waals surface area contributed by atoms with E-state index >= 15 is 0 Å². The van der Waals surface area contributed by atoms with Gasteiger partial charge in [-0.05, 0) is 24.1 Å². The maximum absolute atomic E-state index is 5.87. The molecule has 15 heavy (non-hydrogen) atoms. The minimum absolute atomic E-state index is 0.393. The molecule has 80 valence electrons. The third-order valence-corrected chi connectivity index (χ3v) is 2.96. The second kappa shape index (κ2) is 4.67. The van der Waals surface area contributed by atoms with Gasteiger partial charge >= 0.3 is 0 Å². The molecule has 2 nitrogen and oxygen atoms in total. The molecule has 1 aromatic rings. The third kappa shape index (κ3) is 2.32. The second-order valence-corrected chi connectivity index (χ2v) is 4.14. The van der Waals surface area contributed by atoms with Gasteiger partial charge in [-0.3, -0.25) is 4.99 Å². The highest BCUT2D eigenvalue weighted by atomic mass is 35.5. The molecule has 0 saturated heterocycles. The van der Waals surface area contributed by atoms with Gasteiger partial charge in [0.05, 0.1) is 6.54 Å². The molecule has 0 bridgehead atoms. The quantitative estimate of drug-likeness (QED) is 0.836. The molecule has 1 atom stereocenters. The first-order valence-electron chi connectivity index (χ1n) is 5.35. The maximum atomic E-state index is 5.87. The minimum Gasteiger partial charge on any atom is -0.371 e. The number of hydrogen-bond donors (Lipinski definition) is 1. The van der Waals surface area contributed by atoms with Crippen LogP contribution in [0.4, 0.5) is 0 Å². The summed E-state index contributed by atoms with van der Waals surface area (Å²) < 4.78 is 0. The number of hydrogen-bond acceptors (Lipinski definition) is 2. The fraction of sp³-hybridized carbons (Fsp3) is 0.417. The molecule has 1 heterocycles. The molecule has 0 aromatic heterocycles. The molecule has 0 amide bonds. The predicted octanol–water partition coefficient (Wildman–Crippen LogP) is 2.84. The van der Waals surface area contributed by atoms with Crippen LogP contribution in [0.5, 0.6) is 0 Å². The number of rotatable bonds is 3. The van der Waals surface area contributed by atoms with E-state index in [1.54, 1.807) is 0 Å². The van der Waals surface area contributed by atoms with Crippen molar-refractivity contribution in [2.24, 2.45) is 4.99 Å². The number of amidine groups is 1. The van der Waals surface area contributed by atoms with Gasteiger partial charge in [-0.1, -0.05) is 30.7 Å². The summed E-state index contributed by atoms with van der Waals surface area (Å²) in [6, 6.07) is 8.04. The van der Waals surface area contributed by atoms with Gasteiger partial charge in [-0.25, -0.2) is 0 Å². The Kier molecular flexibility index (Phi) is 3.27. The first-order chi connectivity index (χ1) is 7.31. The summed E-state index contributed by atoms with van der Waals surface area (Å²) in [5.41, 5.74) is 1.29. The zero-order valence-corrected chi connectivity index (χ0v) is 9.59. The number of nitrogens with zero attached hydrogens (tertiary/aromatic N) is 1. The summed E-state index contributed by atoms with van der Waals surface area (Å²) in [5, 5.41) is 4.12. The molecule has 0 radical (unpaired) electrons. The van der Waals surface area contributed by atoms with E-state index in [1.807, 2.05) is 12.1 Å². The lowest BCUT2D eigenvalue weighted by Gasteiger charge is -2.15. The van der Waals surface area contributed by atoms with Gasteiger partial charge in [0.1, 0.15) is 5.84 Å². The van der Waals surface area contributed by atoms with Gasteiger partial charge < -0.3 is 5.32 Å². The van der Waals surface area contributed by atoms with Crippen LogP contribution < -0.4 is 5.32 Å². The summed E-state index contributed by atoms with van der Waals surface area (Å²) >= 11 is 5.87. The van der Waals surface area contributed by atoms with Crippen molar-refractivity contribution >= 4 is 17.4 Å². The van der Waals surface area contributed by atoms with E-state index in [4.69, 9.17) is 11.6 Å². The van der Waals surface area contributed by atoms with Crippen LogP contribution in [0.25, 0.3) is 0 Å². The van der Waals surface area contributed by atoms with Crippen molar-refractivity contribution in [3.63, 3.8) is 0 Å². The molecule has 1 N–H and O–H groups in total. The Hall–Kier alpha value is -1.02. The predicted molar refractivity (Wildman–Crippen MR) is 64.8 cm³/mol. The van der Waals surface area contributed by atoms with Crippen LogP contribution in [0, 0.1) is 0 Å². The largest absolute Gasteiger partial charge is 0.371 e.